The molecule has 4 nitrogen and oxygen atoms in total. The molecule has 0 amide bonds. The second-order valence-corrected chi connectivity index (χ2v) is 5.42. The van der Waals surface area contributed by atoms with Gasteiger partial charge in [0, 0.05) is 0 Å². The Kier molecular flexibility index (Phi) is 5.36. The van der Waals surface area contributed by atoms with Gasteiger partial charge in [0.25, 0.3) is 0 Å². The SMILES string of the molecule is CCOC(=O)/C(Cl)=N/Nc1ccc(C(C)(C)C)cc1. The highest BCUT2D eigenvalue weighted by Gasteiger charge is 2.13. The quantitative estimate of drug-likeness (QED) is 0.522. The van der Waals surface area contributed by atoms with Gasteiger partial charge in [0.2, 0.25) is 5.17 Å². The number of halogens is 1. The Bertz CT molecular complexity index is 461. The second kappa shape index (κ2) is 6.57. The molecule has 1 aromatic rings. The first-order chi connectivity index (χ1) is 8.84. The van der Waals surface area contributed by atoms with Gasteiger partial charge in [0.05, 0.1) is 12.3 Å². The van der Waals surface area contributed by atoms with E-state index < -0.39 is 5.97 Å². The fourth-order valence-corrected chi connectivity index (χ4v) is 1.49. The van der Waals surface area contributed by atoms with Crippen molar-refractivity contribution in [3.05, 3.63) is 29.8 Å². The summed E-state index contributed by atoms with van der Waals surface area (Å²) in [7, 11) is 0. The molecule has 1 rings (SSSR count). The highest BCUT2D eigenvalue weighted by molar-refractivity contribution is 6.82. The largest absolute Gasteiger partial charge is 0.461 e. The number of hydrazone groups is 1. The number of anilines is 1. The van der Waals surface area contributed by atoms with Crippen LogP contribution >= 0.6 is 11.6 Å². The first kappa shape index (κ1) is 15.5. The van der Waals surface area contributed by atoms with E-state index in [-0.39, 0.29) is 17.2 Å². The van der Waals surface area contributed by atoms with Gasteiger partial charge in [0.1, 0.15) is 0 Å². The number of ether oxygens (including phenoxy) is 1. The predicted octanol–water partition coefficient (Wildman–Crippen LogP) is 3.51. The van der Waals surface area contributed by atoms with Crippen molar-refractivity contribution in [2.75, 3.05) is 12.0 Å². The maximum absolute atomic E-state index is 11.2. The Labute approximate surface area is 118 Å². The van der Waals surface area contributed by atoms with Gasteiger partial charge < -0.3 is 4.74 Å². The number of esters is 1. The molecule has 1 aromatic carbocycles. The molecule has 0 unspecified atom stereocenters. The van der Waals surface area contributed by atoms with Crippen LogP contribution in [0.4, 0.5) is 5.69 Å². The third-order valence-electron chi connectivity index (χ3n) is 2.48. The Morgan fingerprint density at radius 3 is 2.37 bits per heavy atom. The van der Waals surface area contributed by atoms with E-state index >= 15 is 0 Å². The average Bonchev–Trinajstić information content (AvgIpc) is 2.35. The lowest BCUT2D eigenvalue weighted by atomic mass is 9.87. The van der Waals surface area contributed by atoms with Crippen LogP contribution in [0.25, 0.3) is 0 Å². The highest BCUT2D eigenvalue weighted by Crippen LogP contribution is 2.23. The summed E-state index contributed by atoms with van der Waals surface area (Å²) in [5.74, 6) is -0.636. The van der Waals surface area contributed by atoms with E-state index in [1.54, 1.807) is 6.92 Å². The number of carbonyl (C=O) groups excluding carboxylic acids is 1. The standard InChI is InChI=1S/C14H19ClN2O2/c1-5-19-13(18)12(15)17-16-11-8-6-10(7-9-11)14(2,3)4/h6-9,16H,5H2,1-4H3/b17-12-. The van der Waals surface area contributed by atoms with E-state index in [0.717, 1.165) is 5.69 Å². The summed E-state index contributed by atoms with van der Waals surface area (Å²) in [5.41, 5.74) is 4.80. The molecule has 0 radical (unpaired) electrons. The van der Waals surface area contributed by atoms with Crippen LogP contribution in [0.2, 0.25) is 0 Å². The van der Waals surface area contributed by atoms with Crippen LogP contribution in [-0.2, 0) is 14.9 Å². The molecular weight excluding hydrogens is 264 g/mol. The number of hydrogen-bond donors (Lipinski definition) is 1. The fourth-order valence-electron chi connectivity index (χ4n) is 1.39. The summed E-state index contributed by atoms with van der Waals surface area (Å²) < 4.78 is 4.71. The fraction of sp³-hybridized carbons (Fsp3) is 0.429. The topological polar surface area (TPSA) is 50.7 Å². The summed E-state index contributed by atoms with van der Waals surface area (Å²) in [6.07, 6.45) is 0. The number of rotatable bonds is 4. The van der Waals surface area contributed by atoms with E-state index in [1.165, 1.54) is 5.56 Å². The Morgan fingerprint density at radius 1 is 1.32 bits per heavy atom. The van der Waals surface area contributed by atoms with Gasteiger partial charge in [-0.05, 0) is 30.0 Å². The van der Waals surface area contributed by atoms with Crippen LogP contribution in [0.1, 0.15) is 33.3 Å². The number of nitrogens with zero attached hydrogens (tertiary/aromatic N) is 1. The van der Waals surface area contributed by atoms with Crippen molar-refractivity contribution in [3.63, 3.8) is 0 Å². The zero-order valence-corrected chi connectivity index (χ0v) is 12.4. The summed E-state index contributed by atoms with van der Waals surface area (Å²) in [4.78, 5) is 11.2. The van der Waals surface area contributed by atoms with Crippen LogP contribution in [0, 0.1) is 0 Å². The molecule has 0 heterocycles. The maximum atomic E-state index is 11.2. The summed E-state index contributed by atoms with van der Waals surface area (Å²) in [6, 6.07) is 7.80. The number of hydrogen-bond acceptors (Lipinski definition) is 4. The van der Waals surface area contributed by atoms with Crippen molar-refractivity contribution >= 4 is 28.4 Å². The molecule has 0 atom stereocenters. The van der Waals surface area contributed by atoms with Crippen LogP contribution < -0.4 is 5.43 Å². The van der Waals surface area contributed by atoms with E-state index in [2.05, 4.69) is 31.3 Å². The van der Waals surface area contributed by atoms with Gasteiger partial charge in [0.15, 0.2) is 0 Å². The minimum atomic E-state index is -0.636. The molecule has 0 spiro atoms. The molecule has 0 aliphatic carbocycles. The molecule has 0 fully saturated rings. The number of carbonyl (C=O) groups is 1. The first-order valence-corrected chi connectivity index (χ1v) is 6.49. The lowest BCUT2D eigenvalue weighted by molar-refractivity contribution is -0.134. The molecule has 0 saturated carbocycles. The second-order valence-electron chi connectivity index (χ2n) is 5.06. The average molecular weight is 283 g/mol. The van der Waals surface area contributed by atoms with Crippen molar-refractivity contribution < 1.29 is 9.53 Å². The third kappa shape index (κ3) is 4.91. The van der Waals surface area contributed by atoms with E-state index in [0.29, 0.717) is 0 Å². The van der Waals surface area contributed by atoms with Crippen molar-refractivity contribution in [2.45, 2.75) is 33.1 Å². The molecule has 0 saturated heterocycles. The Balaban J connectivity index is 2.69. The Morgan fingerprint density at radius 2 is 1.89 bits per heavy atom. The lowest BCUT2D eigenvalue weighted by Gasteiger charge is -2.18. The third-order valence-corrected chi connectivity index (χ3v) is 2.72. The molecule has 0 bridgehead atoms. The summed E-state index contributed by atoms with van der Waals surface area (Å²) in [5, 5.41) is 3.54. The van der Waals surface area contributed by atoms with Crippen molar-refractivity contribution in [2.24, 2.45) is 5.10 Å². The minimum Gasteiger partial charge on any atom is -0.461 e. The van der Waals surface area contributed by atoms with Gasteiger partial charge in [-0.1, -0.05) is 44.5 Å². The van der Waals surface area contributed by atoms with Gasteiger partial charge in [-0.2, -0.15) is 5.10 Å². The zero-order valence-electron chi connectivity index (χ0n) is 11.7. The molecule has 0 aliphatic heterocycles. The lowest BCUT2D eigenvalue weighted by Crippen LogP contribution is -2.13. The predicted molar refractivity (Wildman–Crippen MR) is 78.7 cm³/mol. The van der Waals surface area contributed by atoms with Gasteiger partial charge in [-0.3, -0.25) is 5.43 Å². The smallest absolute Gasteiger partial charge is 0.370 e. The van der Waals surface area contributed by atoms with Crippen molar-refractivity contribution in [3.8, 4) is 0 Å². The van der Waals surface area contributed by atoms with Crippen molar-refractivity contribution in [1.29, 1.82) is 0 Å². The first-order valence-electron chi connectivity index (χ1n) is 6.11. The van der Waals surface area contributed by atoms with Gasteiger partial charge in [-0.15, -0.1) is 0 Å². The Hall–Kier alpha value is -1.55. The molecule has 1 N–H and O–H groups in total. The number of nitrogens with one attached hydrogen (secondary N) is 1. The van der Waals surface area contributed by atoms with Gasteiger partial charge >= 0.3 is 5.97 Å². The van der Waals surface area contributed by atoms with Crippen LogP contribution in [-0.4, -0.2) is 17.7 Å². The maximum Gasteiger partial charge on any atom is 0.370 e. The summed E-state index contributed by atoms with van der Waals surface area (Å²) >= 11 is 5.68. The van der Waals surface area contributed by atoms with E-state index in [1.807, 2.05) is 24.3 Å². The number of benzene rings is 1. The van der Waals surface area contributed by atoms with E-state index in [9.17, 15) is 4.79 Å². The highest BCUT2D eigenvalue weighted by atomic mass is 35.5. The molecule has 0 aliphatic rings. The molecule has 104 valence electrons. The van der Waals surface area contributed by atoms with Crippen LogP contribution in [0.5, 0.6) is 0 Å². The van der Waals surface area contributed by atoms with Crippen molar-refractivity contribution in [1.82, 2.24) is 0 Å². The van der Waals surface area contributed by atoms with Crippen LogP contribution in [0.15, 0.2) is 29.4 Å². The minimum absolute atomic E-state index is 0.102. The van der Waals surface area contributed by atoms with Crippen LogP contribution in [0.3, 0.4) is 0 Å². The molecular formula is C14H19ClN2O2. The van der Waals surface area contributed by atoms with Gasteiger partial charge in [-0.25, -0.2) is 4.79 Å². The molecule has 19 heavy (non-hydrogen) atoms. The summed E-state index contributed by atoms with van der Waals surface area (Å²) in [6.45, 7) is 8.41. The zero-order chi connectivity index (χ0) is 14.5. The molecule has 0 aromatic heterocycles. The monoisotopic (exact) mass is 282 g/mol. The van der Waals surface area contributed by atoms with E-state index in [4.69, 9.17) is 16.3 Å². The normalized spacial score (nSPS) is 12.2. The molecule has 5 heteroatoms.